The molecular weight excluding hydrogens is 319 g/mol. The van der Waals surface area contributed by atoms with E-state index in [0.717, 1.165) is 18.9 Å². The van der Waals surface area contributed by atoms with Crippen molar-refractivity contribution in [3.8, 4) is 11.8 Å². The van der Waals surface area contributed by atoms with Crippen molar-refractivity contribution < 1.29 is 23.1 Å². The van der Waals surface area contributed by atoms with Gasteiger partial charge in [0.05, 0.1) is 0 Å². The molecule has 0 bridgehead atoms. The lowest BCUT2D eigenvalue weighted by atomic mass is 9.72. The summed E-state index contributed by atoms with van der Waals surface area (Å²) in [5.41, 5.74) is -3.33. The van der Waals surface area contributed by atoms with Gasteiger partial charge in [-0.25, -0.2) is 0 Å². The number of carbonyl (C=O) groups is 1. The largest absolute Gasteiger partial charge is 0.412 e. The minimum absolute atomic E-state index is 0.0397. The van der Waals surface area contributed by atoms with Crippen molar-refractivity contribution in [2.24, 2.45) is 5.92 Å². The zero-order valence-electron chi connectivity index (χ0n) is 11.2. The van der Waals surface area contributed by atoms with Crippen LogP contribution >= 0.6 is 11.6 Å². The third-order valence-corrected chi connectivity index (χ3v) is 4.06. The molecule has 0 aromatic heterocycles. The summed E-state index contributed by atoms with van der Waals surface area (Å²) < 4.78 is 41.4. The van der Waals surface area contributed by atoms with Gasteiger partial charge in [-0.3, -0.25) is 4.79 Å². The van der Waals surface area contributed by atoms with Crippen molar-refractivity contribution in [2.45, 2.75) is 30.5 Å². The molecule has 1 aliphatic carbocycles. The Balaban J connectivity index is 2.28. The third-order valence-electron chi connectivity index (χ3n) is 3.82. The van der Waals surface area contributed by atoms with Crippen LogP contribution in [0.5, 0.6) is 0 Å². The summed E-state index contributed by atoms with van der Waals surface area (Å²) in [6, 6.07) is 3.74. The SMILES string of the molecule is O=C1Nc2ccc(Cl)cc2[C@@](C#CC2CC2)(C(F)(F)F)[C@H]1O. The van der Waals surface area contributed by atoms with Crippen LogP contribution in [0.2, 0.25) is 5.02 Å². The topological polar surface area (TPSA) is 49.3 Å². The van der Waals surface area contributed by atoms with E-state index < -0.39 is 23.6 Å². The number of nitrogens with one attached hydrogen (secondary N) is 1. The molecule has 1 aromatic carbocycles. The predicted octanol–water partition coefficient (Wildman–Crippen LogP) is 2.87. The second-order valence-corrected chi connectivity index (χ2v) is 5.87. The number of hydrogen-bond donors (Lipinski definition) is 2. The summed E-state index contributed by atoms with van der Waals surface area (Å²) in [7, 11) is 0. The molecule has 22 heavy (non-hydrogen) atoms. The van der Waals surface area contributed by atoms with Gasteiger partial charge in [0.2, 0.25) is 0 Å². The lowest BCUT2D eigenvalue weighted by Gasteiger charge is -2.39. The maximum absolute atomic E-state index is 13.8. The highest BCUT2D eigenvalue weighted by Crippen LogP contribution is 2.49. The van der Waals surface area contributed by atoms with Gasteiger partial charge in [0.25, 0.3) is 5.91 Å². The quantitative estimate of drug-likeness (QED) is 0.719. The molecule has 3 nitrogen and oxygen atoms in total. The minimum atomic E-state index is -4.93. The summed E-state index contributed by atoms with van der Waals surface area (Å²) in [5, 5.41) is 12.3. The van der Waals surface area contributed by atoms with Gasteiger partial charge >= 0.3 is 6.18 Å². The first-order chi connectivity index (χ1) is 10.3. The van der Waals surface area contributed by atoms with Crippen LogP contribution in [0.25, 0.3) is 0 Å². The number of carbonyl (C=O) groups excluding carboxylic acids is 1. The normalized spacial score (nSPS) is 27.5. The summed E-state index contributed by atoms with van der Waals surface area (Å²) in [4.78, 5) is 11.8. The molecule has 2 atom stereocenters. The van der Waals surface area contributed by atoms with E-state index in [2.05, 4.69) is 17.2 Å². The number of aliphatic hydroxyl groups excluding tert-OH is 1. The first-order valence-corrected chi connectivity index (χ1v) is 7.02. The highest BCUT2D eigenvalue weighted by Gasteiger charge is 2.64. The van der Waals surface area contributed by atoms with E-state index in [1.54, 1.807) is 0 Å². The van der Waals surface area contributed by atoms with Crippen molar-refractivity contribution in [2.75, 3.05) is 5.32 Å². The number of hydrogen-bond acceptors (Lipinski definition) is 2. The van der Waals surface area contributed by atoms with Crippen LogP contribution in [0, 0.1) is 17.8 Å². The maximum atomic E-state index is 13.8. The van der Waals surface area contributed by atoms with E-state index in [-0.39, 0.29) is 22.2 Å². The second kappa shape index (κ2) is 4.90. The lowest BCUT2D eigenvalue weighted by molar-refractivity contribution is -0.200. The van der Waals surface area contributed by atoms with Crippen LogP contribution in [0.1, 0.15) is 18.4 Å². The average Bonchev–Trinajstić information content (AvgIpc) is 3.23. The molecule has 116 valence electrons. The molecule has 0 unspecified atom stereocenters. The Morgan fingerprint density at radius 2 is 2.05 bits per heavy atom. The van der Waals surface area contributed by atoms with E-state index in [0.29, 0.717) is 0 Å². The van der Waals surface area contributed by atoms with Crippen LogP contribution in [0.4, 0.5) is 18.9 Å². The number of amides is 1. The zero-order chi connectivity index (χ0) is 16.1. The Labute approximate surface area is 129 Å². The van der Waals surface area contributed by atoms with Gasteiger partial charge in [-0.15, -0.1) is 0 Å². The van der Waals surface area contributed by atoms with Crippen LogP contribution in [-0.2, 0) is 10.2 Å². The molecule has 0 spiro atoms. The van der Waals surface area contributed by atoms with Gasteiger partial charge in [0, 0.05) is 22.2 Å². The molecule has 1 heterocycles. The van der Waals surface area contributed by atoms with E-state index in [9.17, 15) is 23.1 Å². The van der Waals surface area contributed by atoms with Crippen LogP contribution in [-0.4, -0.2) is 23.3 Å². The number of aliphatic hydroxyl groups is 1. The van der Waals surface area contributed by atoms with E-state index in [1.807, 2.05) is 0 Å². The van der Waals surface area contributed by atoms with Gasteiger partial charge in [0.15, 0.2) is 11.5 Å². The lowest BCUT2D eigenvalue weighted by Crippen LogP contribution is -2.58. The second-order valence-electron chi connectivity index (χ2n) is 5.43. The fourth-order valence-corrected chi connectivity index (χ4v) is 2.63. The Morgan fingerprint density at radius 3 is 2.64 bits per heavy atom. The Hall–Kier alpha value is -1.71. The molecule has 2 N–H and O–H groups in total. The number of halogens is 4. The molecule has 1 aliphatic heterocycles. The third kappa shape index (κ3) is 2.25. The van der Waals surface area contributed by atoms with Crippen molar-refractivity contribution in [1.29, 1.82) is 0 Å². The Kier molecular flexibility index (Phi) is 3.38. The van der Waals surface area contributed by atoms with Crippen LogP contribution < -0.4 is 5.32 Å². The molecule has 1 fully saturated rings. The van der Waals surface area contributed by atoms with Crippen molar-refractivity contribution in [1.82, 2.24) is 0 Å². The minimum Gasteiger partial charge on any atom is -0.381 e. The number of alkyl halides is 3. The summed E-state index contributed by atoms with van der Waals surface area (Å²) in [6.07, 6.45) is -5.81. The molecule has 1 amide bonds. The van der Waals surface area contributed by atoms with Crippen molar-refractivity contribution in [3.63, 3.8) is 0 Å². The van der Waals surface area contributed by atoms with Gasteiger partial charge in [-0.2, -0.15) is 13.2 Å². The number of fused-ring (bicyclic) bond motifs is 1. The number of rotatable bonds is 0. The molecular formula is C15H11ClF3NO2. The van der Waals surface area contributed by atoms with Crippen molar-refractivity contribution in [3.05, 3.63) is 28.8 Å². The molecule has 3 rings (SSSR count). The van der Waals surface area contributed by atoms with Crippen LogP contribution in [0.3, 0.4) is 0 Å². The van der Waals surface area contributed by atoms with E-state index in [4.69, 9.17) is 11.6 Å². The zero-order valence-corrected chi connectivity index (χ0v) is 11.9. The fraction of sp³-hybridized carbons (Fsp3) is 0.400. The van der Waals surface area contributed by atoms with Crippen molar-refractivity contribution >= 4 is 23.2 Å². The first-order valence-electron chi connectivity index (χ1n) is 6.64. The van der Waals surface area contributed by atoms with E-state index >= 15 is 0 Å². The number of benzene rings is 1. The predicted molar refractivity (Wildman–Crippen MR) is 74.3 cm³/mol. The Morgan fingerprint density at radius 1 is 1.36 bits per heavy atom. The van der Waals surface area contributed by atoms with Gasteiger partial charge in [-0.05, 0) is 31.0 Å². The fourth-order valence-electron chi connectivity index (χ4n) is 2.45. The van der Waals surface area contributed by atoms with Crippen LogP contribution in [0.15, 0.2) is 18.2 Å². The monoisotopic (exact) mass is 329 g/mol. The molecule has 2 aliphatic rings. The first kappa shape index (κ1) is 15.2. The molecule has 1 aromatic rings. The Bertz CT molecular complexity index is 703. The average molecular weight is 330 g/mol. The van der Waals surface area contributed by atoms with Gasteiger partial charge in [-0.1, -0.05) is 23.4 Å². The molecule has 0 radical (unpaired) electrons. The molecule has 7 heteroatoms. The van der Waals surface area contributed by atoms with Gasteiger partial charge < -0.3 is 10.4 Å². The molecule has 1 saturated carbocycles. The highest BCUT2D eigenvalue weighted by molar-refractivity contribution is 6.30. The summed E-state index contributed by atoms with van der Waals surface area (Å²) in [5.74, 6) is 3.45. The highest BCUT2D eigenvalue weighted by atomic mass is 35.5. The standard InChI is InChI=1S/C15H11ClF3NO2/c16-9-3-4-11-10(7-9)14(15(17,18)19,6-5-8-1-2-8)12(21)13(22)20-11/h3-4,7-8,12,21H,1-2H2,(H,20,22)/t12-,14+/m0/s1. The van der Waals surface area contributed by atoms with Gasteiger partial charge in [0.1, 0.15) is 0 Å². The molecule has 0 saturated heterocycles. The van der Waals surface area contributed by atoms with E-state index in [1.165, 1.54) is 12.1 Å². The summed E-state index contributed by atoms with van der Waals surface area (Å²) >= 11 is 5.80. The smallest absolute Gasteiger partial charge is 0.381 e. The maximum Gasteiger partial charge on any atom is 0.412 e. The summed E-state index contributed by atoms with van der Waals surface area (Å²) in [6.45, 7) is 0. The number of anilines is 1.